The summed E-state index contributed by atoms with van der Waals surface area (Å²) < 4.78 is 41.7. The fourth-order valence-corrected chi connectivity index (χ4v) is 3.17. The molecule has 2 aromatic carbocycles. The number of nitrogens with zero attached hydrogens (tertiary/aromatic N) is 2. The molecule has 0 aliphatic heterocycles. The summed E-state index contributed by atoms with van der Waals surface area (Å²) in [7, 11) is 0. The van der Waals surface area contributed by atoms with Crippen LogP contribution in [0.5, 0.6) is 0 Å². The molecule has 0 saturated heterocycles. The number of nitrogens with two attached hydrogens (primary N) is 1. The molecule has 1 aromatic heterocycles. The predicted octanol–water partition coefficient (Wildman–Crippen LogP) is 5.04. The maximum atomic E-state index is 13.9. The van der Waals surface area contributed by atoms with Crippen LogP contribution in [0, 0.1) is 5.41 Å². The molecular weight excluding hydrogens is 405 g/mol. The number of halogens is 3. The predicted molar refractivity (Wildman–Crippen MR) is 113 cm³/mol. The van der Waals surface area contributed by atoms with Gasteiger partial charge in [-0.25, -0.2) is 4.99 Å². The van der Waals surface area contributed by atoms with Gasteiger partial charge in [0.05, 0.1) is 11.4 Å². The minimum absolute atomic E-state index is 0.0191. The molecule has 0 spiro atoms. The van der Waals surface area contributed by atoms with E-state index in [-0.39, 0.29) is 28.3 Å². The van der Waals surface area contributed by atoms with E-state index in [0.29, 0.717) is 11.3 Å². The van der Waals surface area contributed by atoms with Gasteiger partial charge in [0.2, 0.25) is 0 Å². The summed E-state index contributed by atoms with van der Waals surface area (Å²) in [5, 5.41) is 8.39. The first-order valence-electron chi connectivity index (χ1n) is 9.28. The molecule has 1 unspecified atom stereocenters. The molecule has 3 rings (SSSR count). The topological polar surface area (TPSA) is 92.2 Å². The monoisotopic (exact) mass is 424 g/mol. The van der Waals surface area contributed by atoms with Crippen molar-refractivity contribution >= 4 is 23.0 Å². The van der Waals surface area contributed by atoms with Gasteiger partial charge in [0, 0.05) is 29.1 Å². The molecule has 8 heteroatoms. The SMILES string of the molecule is CC(=O)c1cccc(N=C(N)c2ccccc2C(=N)C(c2ccncc2)C(F)(F)F)c1. The molecule has 0 fully saturated rings. The number of carbonyl (C=O) groups is 1. The molecule has 0 saturated carbocycles. The average Bonchev–Trinajstić information content (AvgIpc) is 2.73. The summed E-state index contributed by atoms with van der Waals surface area (Å²) >= 11 is 0. The number of hydrogen-bond donors (Lipinski definition) is 2. The summed E-state index contributed by atoms with van der Waals surface area (Å²) in [4.78, 5) is 19.6. The first-order chi connectivity index (χ1) is 14.7. The zero-order chi connectivity index (χ0) is 22.6. The molecule has 3 aromatic rings. The van der Waals surface area contributed by atoms with Gasteiger partial charge in [-0.05, 0) is 36.8 Å². The number of nitrogens with one attached hydrogen (secondary N) is 1. The fraction of sp³-hybridized carbons (Fsp3) is 0.130. The van der Waals surface area contributed by atoms with Gasteiger partial charge in [0.25, 0.3) is 0 Å². The van der Waals surface area contributed by atoms with Crippen molar-refractivity contribution in [2.45, 2.75) is 19.0 Å². The van der Waals surface area contributed by atoms with E-state index in [1.165, 1.54) is 49.6 Å². The molecule has 0 bridgehead atoms. The first kappa shape index (κ1) is 21.9. The van der Waals surface area contributed by atoms with Gasteiger partial charge < -0.3 is 11.1 Å². The number of carbonyl (C=O) groups excluding carboxylic acids is 1. The van der Waals surface area contributed by atoms with Crippen LogP contribution in [0.3, 0.4) is 0 Å². The smallest absolute Gasteiger partial charge is 0.383 e. The number of Topliss-reactive ketones (excluding diaryl/α,β-unsaturated/α-hetero) is 1. The second kappa shape index (κ2) is 8.91. The summed E-state index contributed by atoms with van der Waals surface area (Å²) in [6.07, 6.45) is -2.18. The number of aliphatic imine (C=N–C) groups is 1. The van der Waals surface area contributed by atoms with Crippen LogP contribution in [-0.2, 0) is 0 Å². The Balaban J connectivity index is 2.06. The van der Waals surface area contributed by atoms with E-state index >= 15 is 0 Å². The zero-order valence-corrected chi connectivity index (χ0v) is 16.5. The third kappa shape index (κ3) is 5.03. The van der Waals surface area contributed by atoms with Crippen LogP contribution in [0.1, 0.15) is 39.9 Å². The maximum absolute atomic E-state index is 13.9. The number of benzene rings is 2. The van der Waals surface area contributed by atoms with Crippen LogP contribution in [0.15, 0.2) is 78.0 Å². The number of hydrogen-bond acceptors (Lipinski definition) is 4. The molecule has 31 heavy (non-hydrogen) atoms. The molecule has 1 atom stereocenters. The second-order valence-electron chi connectivity index (χ2n) is 6.82. The Bertz CT molecular complexity index is 1140. The van der Waals surface area contributed by atoms with E-state index in [4.69, 9.17) is 11.1 Å². The van der Waals surface area contributed by atoms with Crippen molar-refractivity contribution in [1.82, 2.24) is 4.98 Å². The molecule has 0 aliphatic carbocycles. The Morgan fingerprint density at radius 1 is 1.03 bits per heavy atom. The highest BCUT2D eigenvalue weighted by Gasteiger charge is 2.44. The van der Waals surface area contributed by atoms with Crippen LogP contribution in [-0.4, -0.2) is 28.5 Å². The highest BCUT2D eigenvalue weighted by Crippen LogP contribution is 2.37. The maximum Gasteiger partial charge on any atom is 0.401 e. The average molecular weight is 424 g/mol. The van der Waals surface area contributed by atoms with Crippen molar-refractivity contribution in [3.05, 3.63) is 95.3 Å². The lowest BCUT2D eigenvalue weighted by molar-refractivity contribution is -0.135. The molecule has 1 heterocycles. The van der Waals surface area contributed by atoms with E-state index < -0.39 is 17.8 Å². The molecule has 158 valence electrons. The van der Waals surface area contributed by atoms with Crippen LogP contribution >= 0.6 is 0 Å². The molecule has 0 aliphatic rings. The van der Waals surface area contributed by atoms with Crippen LogP contribution < -0.4 is 5.73 Å². The molecule has 0 amide bonds. The first-order valence-corrected chi connectivity index (χ1v) is 9.28. The van der Waals surface area contributed by atoms with Crippen LogP contribution in [0.2, 0.25) is 0 Å². The standard InChI is InChI=1S/C23H19F3N4O/c1-14(31)16-5-4-6-17(13-16)30-22(28)19-8-3-2-7-18(19)21(27)20(23(24,25)26)15-9-11-29-12-10-15/h2-13,20,27H,1H3,(H2,28,30). The molecule has 0 radical (unpaired) electrons. The Morgan fingerprint density at radius 3 is 2.29 bits per heavy atom. The van der Waals surface area contributed by atoms with E-state index in [9.17, 15) is 18.0 Å². The van der Waals surface area contributed by atoms with Crippen LogP contribution in [0.25, 0.3) is 0 Å². The second-order valence-corrected chi connectivity index (χ2v) is 6.82. The lowest BCUT2D eigenvalue weighted by atomic mass is 9.87. The zero-order valence-electron chi connectivity index (χ0n) is 16.5. The third-order valence-electron chi connectivity index (χ3n) is 4.65. The quantitative estimate of drug-likeness (QED) is 0.330. The minimum atomic E-state index is -4.69. The van der Waals surface area contributed by atoms with Crippen molar-refractivity contribution in [3.8, 4) is 0 Å². The lowest BCUT2D eigenvalue weighted by Gasteiger charge is -2.23. The van der Waals surface area contributed by atoms with Gasteiger partial charge in [-0.1, -0.05) is 36.4 Å². The Labute approximate surface area is 177 Å². The normalized spacial score (nSPS) is 13.0. The minimum Gasteiger partial charge on any atom is -0.383 e. The third-order valence-corrected chi connectivity index (χ3v) is 4.65. The summed E-state index contributed by atoms with van der Waals surface area (Å²) in [6, 6.07) is 15.0. The van der Waals surface area contributed by atoms with Gasteiger partial charge in [0.15, 0.2) is 5.78 Å². The van der Waals surface area contributed by atoms with E-state index in [1.54, 1.807) is 30.3 Å². The van der Waals surface area contributed by atoms with Crippen molar-refractivity contribution in [2.75, 3.05) is 0 Å². The van der Waals surface area contributed by atoms with Crippen molar-refractivity contribution in [1.29, 1.82) is 5.41 Å². The van der Waals surface area contributed by atoms with Gasteiger partial charge in [0.1, 0.15) is 11.8 Å². The van der Waals surface area contributed by atoms with Crippen molar-refractivity contribution in [2.24, 2.45) is 10.7 Å². The van der Waals surface area contributed by atoms with Crippen molar-refractivity contribution in [3.63, 3.8) is 0 Å². The Hall–Kier alpha value is -3.81. The number of rotatable bonds is 6. The largest absolute Gasteiger partial charge is 0.401 e. The van der Waals surface area contributed by atoms with E-state index in [1.807, 2.05) is 0 Å². The number of amidine groups is 1. The van der Waals surface area contributed by atoms with Gasteiger partial charge in [-0.15, -0.1) is 0 Å². The highest BCUT2D eigenvalue weighted by atomic mass is 19.4. The van der Waals surface area contributed by atoms with Gasteiger partial charge in [-0.3, -0.25) is 9.78 Å². The van der Waals surface area contributed by atoms with Gasteiger partial charge in [-0.2, -0.15) is 13.2 Å². The highest BCUT2D eigenvalue weighted by molar-refractivity contribution is 6.13. The van der Waals surface area contributed by atoms with E-state index in [2.05, 4.69) is 9.98 Å². The van der Waals surface area contributed by atoms with Crippen LogP contribution in [0.4, 0.5) is 18.9 Å². The molecule has 3 N–H and O–H groups in total. The summed E-state index contributed by atoms with van der Waals surface area (Å²) in [5.41, 5.74) is 6.41. The molecular formula is C23H19F3N4O. The van der Waals surface area contributed by atoms with E-state index in [0.717, 1.165) is 0 Å². The van der Waals surface area contributed by atoms with Gasteiger partial charge >= 0.3 is 6.18 Å². The Morgan fingerprint density at radius 2 is 1.68 bits per heavy atom. The fourth-order valence-electron chi connectivity index (χ4n) is 3.17. The number of pyridine rings is 1. The van der Waals surface area contributed by atoms with Crippen molar-refractivity contribution < 1.29 is 18.0 Å². The number of aromatic nitrogens is 1. The number of ketones is 1. The molecule has 5 nitrogen and oxygen atoms in total. The lowest BCUT2D eigenvalue weighted by Crippen LogP contribution is -2.30. The summed E-state index contributed by atoms with van der Waals surface area (Å²) in [5.74, 6) is -2.36. The summed E-state index contributed by atoms with van der Waals surface area (Å²) in [6.45, 7) is 1.42. The number of alkyl halides is 3. The Kier molecular flexibility index (Phi) is 6.29.